The lowest BCUT2D eigenvalue weighted by molar-refractivity contribution is 0.161. The third-order valence-corrected chi connectivity index (χ3v) is 4.87. The lowest BCUT2D eigenvalue weighted by Gasteiger charge is -2.34. The molecule has 0 radical (unpaired) electrons. The third kappa shape index (κ3) is 2.85. The summed E-state index contributed by atoms with van der Waals surface area (Å²) in [7, 11) is 2.20. The number of fused-ring (bicyclic) bond motifs is 2. The van der Waals surface area contributed by atoms with Crippen LogP contribution in [0.15, 0.2) is 4.52 Å². The maximum absolute atomic E-state index is 5.33. The van der Waals surface area contributed by atoms with Gasteiger partial charge in [0.15, 0.2) is 5.82 Å². The van der Waals surface area contributed by atoms with Crippen LogP contribution in [0.2, 0.25) is 0 Å². The van der Waals surface area contributed by atoms with Gasteiger partial charge in [0.1, 0.15) is 0 Å². The van der Waals surface area contributed by atoms with Gasteiger partial charge in [-0.25, -0.2) is 0 Å². The third-order valence-electron chi connectivity index (χ3n) is 4.87. The summed E-state index contributed by atoms with van der Waals surface area (Å²) >= 11 is 0. The number of hydrogen-bond acceptors (Lipinski definition) is 5. The molecule has 2 unspecified atom stereocenters. The van der Waals surface area contributed by atoms with Crippen molar-refractivity contribution in [2.75, 3.05) is 7.05 Å². The number of nitrogens with zero attached hydrogens (tertiary/aromatic N) is 3. The predicted molar refractivity (Wildman–Crippen MR) is 78.0 cm³/mol. The van der Waals surface area contributed by atoms with Crippen LogP contribution in [0.5, 0.6) is 0 Å². The molecule has 2 saturated heterocycles. The molecular formula is C14H23ClN4O. The van der Waals surface area contributed by atoms with Crippen LogP contribution < -0.4 is 5.32 Å². The monoisotopic (exact) mass is 298 g/mol. The topological polar surface area (TPSA) is 54.2 Å². The number of piperidine rings is 1. The molecule has 3 heterocycles. The second kappa shape index (κ2) is 5.62. The van der Waals surface area contributed by atoms with E-state index in [4.69, 9.17) is 4.52 Å². The zero-order valence-corrected chi connectivity index (χ0v) is 12.7. The van der Waals surface area contributed by atoms with Gasteiger partial charge in [0.2, 0.25) is 5.89 Å². The fourth-order valence-corrected chi connectivity index (χ4v) is 3.57. The van der Waals surface area contributed by atoms with Crippen molar-refractivity contribution in [1.29, 1.82) is 0 Å². The molecule has 20 heavy (non-hydrogen) atoms. The Morgan fingerprint density at radius 2 is 1.90 bits per heavy atom. The van der Waals surface area contributed by atoms with Gasteiger partial charge in [-0.2, -0.15) is 4.98 Å². The van der Waals surface area contributed by atoms with E-state index in [0.29, 0.717) is 12.0 Å². The maximum Gasteiger partial charge on any atom is 0.229 e. The Labute approximate surface area is 125 Å². The van der Waals surface area contributed by atoms with Crippen molar-refractivity contribution in [3.05, 3.63) is 11.7 Å². The molecule has 1 N–H and O–H groups in total. The van der Waals surface area contributed by atoms with Crippen LogP contribution in [0.1, 0.15) is 56.2 Å². The SMILES string of the molecule is CN(Cc1noc(C2CC2)n1)C1CC2CCC(C1)N2.Cl. The Kier molecular flexibility index (Phi) is 4.02. The largest absolute Gasteiger partial charge is 0.339 e. The Balaban J connectivity index is 0.00000121. The molecule has 4 rings (SSSR count). The summed E-state index contributed by atoms with van der Waals surface area (Å²) in [6.07, 6.45) is 7.66. The molecule has 2 atom stereocenters. The molecule has 6 heteroatoms. The minimum atomic E-state index is 0. The summed E-state index contributed by atoms with van der Waals surface area (Å²) in [5.41, 5.74) is 0. The normalized spacial score (nSPS) is 32.4. The number of rotatable bonds is 4. The van der Waals surface area contributed by atoms with Crippen LogP contribution in [-0.2, 0) is 6.54 Å². The molecule has 112 valence electrons. The first kappa shape index (κ1) is 14.3. The second-order valence-electron chi connectivity index (χ2n) is 6.50. The van der Waals surface area contributed by atoms with Crippen molar-refractivity contribution >= 4 is 12.4 Å². The quantitative estimate of drug-likeness (QED) is 0.922. The van der Waals surface area contributed by atoms with Crippen molar-refractivity contribution in [2.24, 2.45) is 0 Å². The van der Waals surface area contributed by atoms with E-state index in [2.05, 4.69) is 27.4 Å². The summed E-state index contributed by atoms with van der Waals surface area (Å²) < 4.78 is 5.33. The first-order valence-corrected chi connectivity index (χ1v) is 7.56. The van der Waals surface area contributed by atoms with Gasteiger partial charge in [0, 0.05) is 24.0 Å². The summed E-state index contributed by atoms with van der Waals surface area (Å²) in [5.74, 6) is 2.27. The van der Waals surface area contributed by atoms with Crippen molar-refractivity contribution < 1.29 is 4.52 Å². The van der Waals surface area contributed by atoms with Crippen molar-refractivity contribution in [3.63, 3.8) is 0 Å². The molecule has 0 aromatic carbocycles. The molecule has 1 saturated carbocycles. The van der Waals surface area contributed by atoms with Crippen LogP contribution in [0.4, 0.5) is 0 Å². The number of aromatic nitrogens is 2. The highest BCUT2D eigenvalue weighted by atomic mass is 35.5. The van der Waals surface area contributed by atoms with Crippen molar-refractivity contribution in [1.82, 2.24) is 20.4 Å². The molecule has 3 fully saturated rings. The van der Waals surface area contributed by atoms with E-state index >= 15 is 0 Å². The van der Waals surface area contributed by atoms with Crippen LogP contribution in [0, 0.1) is 0 Å². The average Bonchev–Trinajstić information content (AvgIpc) is 3.08. The summed E-state index contributed by atoms with van der Waals surface area (Å²) in [6.45, 7) is 0.820. The first-order valence-electron chi connectivity index (χ1n) is 7.56. The van der Waals surface area contributed by atoms with E-state index in [1.807, 2.05) is 0 Å². The molecule has 1 aliphatic carbocycles. The van der Waals surface area contributed by atoms with E-state index < -0.39 is 0 Å². The van der Waals surface area contributed by atoms with Crippen LogP contribution in [-0.4, -0.2) is 40.2 Å². The van der Waals surface area contributed by atoms with E-state index in [-0.39, 0.29) is 12.4 Å². The van der Waals surface area contributed by atoms with Crippen LogP contribution in [0.3, 0.4) is 0 Å². The Morgan fingerprint density at radius 1 is 1.20 bits per heavy atom. The fourth-order valence-electron chi connectivity index (χ4n) is 3.57. The standard InChI is InChI=1S/C14H22N4O.ClH/c1-18(12-6-10-4-5-11(7-12)15-10)8-13-16-14(19-17-13)9-2-3-9;/h9-12,15H,2-8H2,1H3;1H. The van der Waals surface area contributed by atoms with Crippen molar-refractivity contribution in [3.8, 4) is 0 Å². The second-order valence-corrected chi connectivity index (χ2v) is 6.50. The minimum absolute atomic E-state index is 0. The molecule has 0 spiro atoms. The number of halogens is 1. The number of hydrogen-bond donors (Lipinski definition) is 1. The van der Waals surface area contributed by atoms with Gasteiger partial charge in [-0.3, -0.25) is 4.90 Å². The molecule has 1 aromatic heterocycles. The Morgan fingerprint density at radius 3 is 2.55 bits per heavy atom. The highest BCUT2D eigenvalue weighted by molar-refractivity contribution is 5.85. The van der Waals surface area contributed by atoms with Crippen LogP contribution in [0.25, 0.3) is 0 Å². The van der Waals surface area contributed by atoms with Gasteiger partial charge in [-0.1, -0.05) is 5.16 Å². The van der Waals surface area contributed by atoms with Gasteiger partial charge in [-0.15, -0.1) is 12.4 Å². The highest BCUT2D eigenvalue weighted by Crippen LogP contribution is 2.39. The maximum atomic E-state index is 5.33. The molecule has 2 bridgehead atoms. The predicted octanol–water partition coefficient (Wildman–Crippen LogP) is 2.08. The fraction of sp³-hybridized carbons (Fsp3) is 0.857. The average molecular weight is 299 g/mol. The first-order chi connectivity index (χ1) is 9.28. The highest BCUT2D eigenvalue weighted by Gasteiger charge is 2.35. The van der Waals surface area contributed by atoms with Gasteiger partial charge in [0.05, 0.1) is 6.54 Å². The van der Waals surface area contributed by atoms with E-state index in [0.717, 1.165) is 30.3 Å². The van der Waals surface area contributed by atoms with Gasteiger partial charge in [0.25, 0.3) is 0 Å². The zero-order chi connectivity index (χ0) is 12.8. The molecular weight excluding hydrogens is 276 g/mol. The van der Waals surface area contributed by atoms with E-state index in [9.17, 15) is 0 Å². The summed E-state index contributed by atoms with van der Waals surface area (Å²) in [5, 5.41) is 7.81. The van der Waals surface area contributed by atoms with Gasteiger partial charge < -0.3 is 9.84 Å². The number of nitrogens with one attached hydrogen (secondary N) is 1. The summed E-state index contributed by atoms with van der Waals surface area (Å²) in [6, 6.07) is 2.14. The minimum Gasteiger partial charge on any atom is -0.339 e. The Bertz CT molecular complexity index is 450. The molecule has 3 aliphatic rings. The van der Waals surface area contributed by atoms with E-state index in [1.165, 1.54) is 38.5 Å². The summed E-state index contributed by atoms with van der Waals surface area (Å²) in [4.78, 5) is 6.94. The lowest BCUT2D eigenvalue weighted by Crippen LogP contribution is -2.46. The van der Waals surface area contributed by atoms with Gasteiger partial charge in [-0.05, 0) is 45.6 Å². The molecule has 5 nitrogen and oxygen atoms in total. The molecule has 0 amide bonds. The molecule has 2 aliphatic heterocycles. The molecule has 1 aromatic rings. The van der Waals surface area contributed by atoms with Crippen molar-refractivity contribution in [2.45, 2.75) is 69.1 Å². The Hall–Kier alpha value is -0.650. The zero-order valence-electron chi connectivity index (χ0n) is 11.9. The lowest BCUT2D eigenvalue weighted by atomic mass is 9.98. The van der Waals surface area contributed by atoms with Gasteiger partial charge >= 0.3 is 0 Å². The van der Waals surface area contributed by atoms with E-state index in [1.54, 1.807) is 0 Å². The van der Waals surface area contributed by atoms with Crippen LogP contribution >= 0.6 is 12.4 Å². The smallest absolute Gasteiger partial charge is 0.229 e.